The number of pyridine rings is 1. The van der Waals surface area contributed by atoms with Crippen LogP contribution in [0.3, 0.4) is 0 Å². The molecule has 4 rings (SSSR count). The quantitative estimate of drug-likeness (QED) is 0.919. The second-order valence-corrected chi connectivity index (χ2v) is 6.87. The first-order valence-electron chi connectivity index (χ1n) is 7.39. The highest BCUT2D eigenvalue weighted by Crippen LogP contribution is 2.38. The second kappa shape index (κ2) is 5.42. The van der Waals surface area contributed by atoms with E-state index in [1.54, 1.807) is 12.4 Å². The van der Waals surface area contributed by atoms with E-state index in [-0.39, 0.29) is 5.60 Å². The van der Waals surface area contributed by atoms with Crippen LogP contribution in [-0.4, -0.2) is 44.7 Å². The standard InChI is InChI=1S/C15H18N4OS/c1-2-13(19-14-12(1)16-5-6-17-14)18-11-3-7-20-15(9-11)4-8-21-10-15/h1-2,5-6,11H,3-4,7-10H2,(H,17,18,19)/t11-,15-/m0/s1. The van der Waals surface area contributed by atoms with Gasteiger partial charge < -0.3 is 10.1 Å². The Morgan fingerprint density at radius 2 is 2.24 bits per heavy atom. The third-order valence-corrected chi connectivity index (χ3v) is 5.47. The Labute approximate surface area is 127 Å². The first-order valence-corrected chi connectivity index (χ1v) is 8.55. The van der Waals surface area contributed by atoms with Gasteiger partial charge in [-0.15, -0.1) is 0 Å². The average molecular weight is 302 g/mol. The van der Waals surface area contributed by atoms with Crippen LogP contribution in [0.2, 0.25) is 0 Å². The molecule has 6 heteroatoms. The fourth-order valence-corrected chi connectivity index (χ4v) is 4.54. The van der Waals surface area contributed by atoms with Crippen LogP contribution in [0.15, 0.2) is 24.5 Å². The molecule has 0 aromatic carbocycles. The van der Waals surface area contributed by atoms with E-state index in [2.05, 4.69) is 20.3 Å². The summed E-state index contributed by atoms with van der Waals surface area (Å²) in [6.07, 6.45) is 6.65. The molecule has 4 heterocycles. The average Bonchev–Trinajstić information content (AvgIpc) is 2.95. The van der Waals surface area contributed by atoms with Crippen LogP contribution in [0, 0.1) is 0 Å². The number of hydrogen-bond donors (Lipinski definition) is 1. The van der Waals surface area contributed by atoms with Crippen LogP contribution < -0.4 is 5.32 Å². The van der Waals surface area contributed by atoms with Crippen molar-refractivity contribution in [3.63, 3.8) is 0 Å². The number of fused-ring (bicyclic) bond motifs is 1. The lowest BCUT2D eigenvalue weighted by atomic mass is 9.90. The molecule has 1 spiro atoms. The Morgan fingerprint density at radius 1 is 1.29 bits per heavy atom. The van der Waals surface area contributed by atoms with E-state index in [0.717, 1.165) is 36.5 Å². The minimum atomic E-state index is 0.0945. The maximum absolute atomic E-state index is 6.06. The van der Waals surface area contributed by atoms with Crippen LogP contribution in [0.4, 0.5) is 5.82 Å². The summed E-state index contributed by atoms with van der Waals surface area (Å²) in [6, 6.07) is 4.39. The normalized spacial score (nSPS) is 29.0. The highest BCUT2D eigenvalue weighted by atomic mass is 32.2. The molecule has 2 aliphatic heterocycles. The fraction of sp³-hybridized carbons (Fsp3) is 0.533. The lowest BCUT2D eigenvalue weighted by molar-refractivity contribution is -0.0628. The first-order chi connectivity index (χ1) is 10.3. The van der Waals surface area contributed by atoms with Crippen molar-refractivity contribution < 1.29 is 4.74 Å². The van der Waals surface area contributed by atoms with E-state index in [1.165, 1.54) is 12.2 Å². The number of nitrogens with one attached hydrogen (secondary N) is 1. The van der Waals surface area contributed by atoms with Crippen molar-refractivity contribution in [1.29, 1.82) is 0 Å². The third-order valence-electron chi connectivity index (χ3n) is 4.24. The van der Waals surface area contributed by atoms with Crippen molar-refractivity contribution in [3.8, 4) is 0 Å². The summed E-state index contributed by atoms with van der Waals surface area (Å²) in [5.74, 6) is 3.23. The summed E-state index contributed by atoms with van der Waals surface area (Å²) in [6.45, 7) is 0.839. The van der Waals surface area contributed by atoms with E-state index in [0.29, 0.717) is 11.7 Å². The molecular weight excluding hydrogens is 284 g/mol. The van der Waals surface area contributed by atoms with Gasteiger partial charge in [-0.05, 0) is 37.1 Å². The van der Waals surface area contributed by atoms with E-state index in [1.807, 2.05) is 23.9 Å². The molecular formula is C15H18N4OS. The molecule has 2 aromatic heterocycles. The Morgan fingerprint density at radius 3 is 3.14 bits per heavy atom. The van der Waals surface area contributed by atoms with Gasteiger partial charge in [0.05, 0.1) is 5.60 Å². The Hall–Kier alpha value is -1.40. The smallest absolute Gasteiger partial charge is 0.180 e. The number of anilines is 1. The number of ether oxygens (including phenoxy) is 1. The molecule has 2 aliphatic rings. The van der Waals surface area contributed by atoms with Gasteiger partial charge >= 0.3 is 0 Å². The second-order valence-electron chi connectivity index (χ2n) is 5.76. The minimum Gasteiger partial charge on any atom is -0.374 e. The van der Waals surface area contributed by atoms with Crippen molar-refractivity contribution in [2.45, 2.75) is 30.9 Å². The van der Waals surface area contributed by atoms with Gasteiger partial charge in [-0.2, -0.15) is 11.8 Å². The number of rotatable bonds is 2. The van der Waals surface area contributed by atoms with E-state index < -0.39 is 0 Å². The molecule has 1 N–H and O–H groups in total. The molecule has 0 unspecified atom stereocenters. The molecule has 0 amide bonds. The Kier molecular flexibility index (Phi) is 3.43. The summed E-state index contributed by atoms with van der Waals surface area (Å²) in [7, 11) is 0. The lowest BCUT2D eigenvalue weighted by Gasteiger charge is -2.38. The molecule has 0 aliphatic carbocycles. The van der Waals surface area contributed by atoms with Gasteiger partial charge in [-0.25, -0.2) is 9.97 Å². The number of thioether (sulfide) groups is 1. The van der Waals surface area contributed by atoms with Gasteiger partial charge in [0.1, 0.15) is 11.3 Å². The van der Waals surface area contributed by atoms with Gasteiger partial charge in [0.15, 0.2) is 5.65 Å². The predicted octanol–water partition coefficient (Wildman–Crippen LogP) is 2.49. The van der Waals surface area contributed by atoms with Crippen LogP contribution in [-0.2, 0) is 4.74 Å². The Balaban J connectivity index is 1.51. The van der Waals surface area contributed by atoms with Gasteiger partial charge in [-0.1, -0.05) is 0 Å². The summed E-state index contributed by atoms with van der Waals surface area (Å²) < 4.78 is 6.06. The van der Waals surface area contributed by atoms with Crippen molar-refractivity contribution in [2.24, 2.45) is 0 Å². The zero-order chi connectivity index (χ0) is 14.1. The fourth-order valence-electron chi connectivity index (χ4n) is 3.16. The van der Waals surface area contributed by atoms with Crippen molar-refractivity contribution >= 4 is 28.7 Å². The van der Waals surface area contributed by atoms with Crippen molar-refractivity contribution in [1.82, 2.24) is 15.0 Å². The van der Waals surface area contributed by atoms with E-state index >= 15 is 0 Å². The van der Waals surface area contributed by atoms with Gasteiger partial charge in [-0.3, -0.25) is 4.98 Å². The molecule has 5 nitrogen and oxygen atoms in total. The molecule has 0 radical (unpaired) electrons. The van der Waals surface area contributed by atoms with Crippen LogP contribution in [0.25, 0.3) is 11.2 Å². The molecule has 0 saturated carbocycles. The minimum absolute atomic E-state index is 0.0945. The molecule has 2 saturated heterocycles. The number of nitrogens with zero attached hydrogens (tertiary/aromatic N) is 3. The Bertz CT molecular complexity index is 644. The highest BCUT2D eigenvalue weighted by molar-refractivity contribution is 7.99. The van der Waals surface area contributed by atoms with Crippen LogP contribution >= 0.6 is 11.8 Å². The van der Waals surface area contributed by atoms with Crippen LogP contribution in [0.1, 0.15) is 19.3 Å². The highest BCUT2D eigenvalue weighted by Gasteiger charge is 2.40. The molecule has 2 fully saturated rings. The summed E-state index contributed by atoms with van der Waals surface area (Å²) in [4.78, 5) is 13.1. The zero-order valence-electron chi connectivity index (χ0n) is 11.8. The SMILES string of the molecule is c1cnc2nc(N[C@H]3CCO[C@@]4(CCSC4)C3)ccc2n1. The number of aromatic nitrogens is 3. The largest absolute Gasteiger partial charge is 0.374 e. The summed E-state index contributed by atoms with van der Waals surface area (Å²) >= 11 is 2.00. The predicted molar refractivity (Wildman–Crippen MR) is 84.6 cm³/mol. The molecule has 110 valence electrons. The number of hydrogen-bond acceptors (Lipinski definition) is 6. The lowest BCUT2D eigenvalue weighted by Crippen LogP contribution is -2.44. The first kappa shape index (κ1) is 13.3. The van der Waals surface area contributed by atoms with Gasteiger partial charge in [0, 0.05) is 30.8 Å². The maximum Gasteiger partial charge on any atom is 0.180 e. The van der Waals surface area contributed by atoms with Gasteiger partial charge in [0.2, 0.25) is 0 Å². The zero-order valence-corrected chi connectivity index (χ0v) is 12.6. The van der Waals surface area contributed by atoms with Gasteiger partial charge in [0.25, 0.3) is 0 Å². The van der Waals surface area contributed by atoms with E-state index in [9.17, 15) is 0 Å². The third kappa shape index (κ3) is 2.70. The van der Waals surface area contributed by atoms with Crippen LogP contribution in [0.5, 0.6) is 0 Å². The van der Waals surface area contributed by atoms with E-state index in [4.69, 9.17) is 4.74 Å². The van der Waals surface area contributed by atoms with Crippen molar-refractivity contribution in [2.75, 3.05) is 23.4 Å². The van der Waals surface area contributed by atoms with Crippen molar-refractivity contribution in [3.05, 3.63) is 24.5 Å². The molecule has 2 aromatic rings. The molecule has 21 heavy (non-hydrogen) atoms. The topological polar surface area (TPSA) is 59.9 Å². The summed E-state index contributed by atoms with van der Waals surface area (Å²) in [5, 5.41) is 3.56. The maximum atomic E-state index is 6.06. The molecule has 2 atom stereocenters. The molecule has 0 bridgehead atoms. The summed E-state index contributed by atoms with van der Waals surface area (Å²) in [5.41, 5.74) is 1.62. The monoisotopic (exact) mass is 302 g/mol.